The number of para-hydroxylation sites is 1. The lowest BCUT2D eigenvalue weighted by Crippen LogP contribution is -2.31. The third kappa shape index (κ3) is 4.15. The van der Waals surface area contributed by atoms with Gasteiger partial charge in [0.05, 0.1) is 11.7 Å². The number of amides is 1. The molecular weight excluding hydrogens is 376 g/mol. The highest BCUT2D eigenvalue weighted by atomic mass is 16.1. The van der Waals surface area contributed by atoms with Crippen molar-refractivity contribution in [3.8, 4) is 0 Å². The lowest BCUT2D eigenvalue weighted by atomic mass is 10.0. The van der Waals surface area contributed by atoms with E-state index < -0.39 is 0 Å². The van der Waals surface area contributed by atoms with Crippen LogP contribution in [-0.4, -0.2) is 39.9 Å². The lowest BCUT2D eigenvalue weighted by molar-refractivity contribution is 0.0930. The largest absolute Gasteiger partial charge is 0.363 e. The number of carbonyl (C=O) groups excluding carboxylic acids is 1. The molecular formula is C23H24N6O. The standard InChI is InChI=1S/C23H24N6O/c1-15-26-21(13-22(27-15)29(2)3)20(28-23(30)19-10-6-7-11-24-19)12-16-14-25-18-9-5-4-8-17(16)18/h4-11,13-14,20,25H,12H2,1-3H3,(H,28,30)/t20-/m0/s1. The summed E-state index contributed by atoms with van der Waals surface area (Å²) in [5.41, 5.74) is 3.32. The van der Waals surface area contributed by atoms with Gasteiger partial charge in [-0.2, -0.15) is 0 Å². The molecule has 0 saturated carbocycles. The van der Waals surface area contributed by atoms with Crippen LogP contribution in [0.15, 0.2) is 60.9 Å². The van der Waals surface area contributed by atoms with Crippen molar-refractivity contribution in [2.75, 3.05) is 19.0 Å². The molecule has 3 aromatic heterocycles. The first kappa shape index (κ1) is 19.6. The molecule has 0 aliphatic heterocycles. The monoisotopic (exact) mass is 400 g/mol. The zero-order valence-corrected chi connectivity index (χ0v) is 17.3. The maximum Gasteiger partial charge on any atom is 0.270 e. The number of H-pyrrole nitrogens is 1. The average Bonchev–Trinajstić information content (AvgIpc) is 3.16. The van der Waals surface area contributed by atoms with Crippen molar-refractivity contribution < 1.29 is 4.79 Å². The molecule has 0 spiro atoms. The van der Waals surface area contributed by atoms with Crippen LogP contribution in [0.1, 0.15) is 33.6 Å². The van der Waals surface area contributed by atoms with Crippen LogP contribution in [0, 0.1) is 6.92 Å². The smallest absolute Gasteiger partial charge is 0.270 e. The molecule has 0 unspecified atom stereocenters. The summed E-state index contributed by atoms with van der Waals surface area (Å²) in [6, 6.07) is 15.0. The Kier molecular flexibility index (Phi) is 5.43. The summed E-state index contributed by atoms with van der Waals surface area (Å²) < 4.78 is 0. The molecule has 0 saturated heterocycles. The molecule has 30 heavy (non-hydrogen) atoms. The predicted molar refractivity (Wildman–Crippen MR) is 118 cm³/mol. The molecule has 7 heteroatoms. The molecule has 152 valence electrons. The SMILES string of the molecule is Cc1nc([C@H](Cc2c[nH]c3ccccc23)NC(=O)c2ccccn2)cc(N(C)C)n1. The topological polar surface area (TPSA) is 86.8 Å². The summed E-state index contributed by atoms with van der Waals surface area (Å²) in [6.07, 6.45) is 4.19. The van der Waals surface area contributed by atoms with Gasteiger partial charge < -0.3 is 15.2 Å². The number of hydrogen-bond acceptors (Lipinski definition) is 5. The number of fused-ring (bicyclic) bond motifs is 1. The normalized spacial score (nSPS) is 12.0. The molecule has 1 atom stereocenters. The fraction of sp³-hybridized carbons (Fsp3) is 0.217. The third-order valence-corrected chi connectivity index (χ3v) is 4.96. The number of anilines is 1. The predicted octanol–water partition coefficient (Wildman–Crippen LogP) is 3.44. The van der Waals surface area contributed by atoms with Crippen molar-refractivity contribution in [1.82, 2.24) is 25.3 Å². The van der Waals surface area contributed by atoms with Gasteiger partial charge in [-0.25, -0.2) is 9.97 Å². The van der Waals surface area contributed by atoms with Gasteiger partial charge in [-0.3, -0.25) is 9.78 Å². The number of pyridine rings is 1. The summed E-state index contributed by atoms with van der Waals surface area (Å²) in [7, 11) is 3.87. The lowest BCUT2D eigenvalue weighted by Gasteiger charge is -2.20. The van der Waals surface area contributed by atoms with E-state index >= 15 is 0 Å². The van der Waals surface area contributed by atoms with Crippen LogP contribution >= 0.6 is 0 Å². The Morgan fingerprint density at radius 3 is 2.70 bits per heavy atom. The molecule has 1 amide bonds. The molecule has 4 rings (SSSR count). The fourth-order valence-electron chi connectivity index (χ4n) is 3.46. The first-order chi connectivity index (χ1) is 14.5. The minimum Gasteiger partial charge on any atom is -0.363 e. The molecule has 0 bridgehead atoms. The Labute approximate surface area is 175 Å². The zero-order valence-electron chi connectivity index (χ0n) is 17.3. The highest BCUT2D eigenvalue weighted by molar-refractivity contribution is 5.92. The van der Waals surface area contributed by atoms with Gasteiger partial charge in [0.2, 0.25) is 0 Å². The molecule has 7 nitrogen and oxygen atoms in total. The van der Waals surface area contributed by atoms with Gasteiger partial charge in [0.1, 0.15) is 17.3 Å². The van der Waals surface area contributed by atoms with Crippen LogP contribution in [0.3, 0.4) is 0 Å². The maximum absolute atomic E-state index is 12.9. The van der Waals surface area contributed by atoms with Crippen LogP contribution in [0.25, 0.3) is 10.9 Å². The van der Waals surface area contributed by atoms with Crippen LogP contribution < -0.4 is 10.2 Å². The number of aromatic nitrogens is 4. The Balaban J connectivity index is 1.72. The van der Waals surface area contributed by atoms with Gasteiger partial charge in [0.25, 0.3) is 5.91 Å². The highest BCUT2D eigenvalue weighted by Gasteiger charge is 2.21. The molecule has 1 aromatic carbocycles. The van der Waals surface area contributed by atoms with Crippen LogP contribution in [-0.2, 0) is 6.42 Å². The van der Waals surface area contributed by atoms with E-state index in [1.54, 1.807) is 24.4 Å². The first-order valence-electron chi connectivity index (χ1n) is 9.81. The Morgan fingerprint density at radius 2 is 1.93 bits per heavy atom. The van der Waals surface area contributed by atoms with E-state index in [0.29, 0.717) is 17.9 Å². The third-order valence-electron chi connectivity index (χ3n) is 4.96. The van der Waals surface area contributed by atoms with E-state index in [1.807, 2.05) is 56.4 Å². The second-order valence-corrected chi connectivity index (χ2v) is 7.40. The van der Waals surface area contributed by atoms with Crippen LogP contribution in [0.5, 0.6) is 0 Å². The summed E-state index contributed by atoms with van der Waals surface area (Å²) in [6.45, 7) is 1.86. The minimum absolute atomic E-state index is 0.233. The average molecular weight is 400 g/mol. The number of aromatic amines is 1. The Hall–Kier alpha value is -3.74. The van der Waals surface area contributed by atoms with Crippen molar-refractivity contribution in [2.45, 2.75) is 19.4 Å². The molecule has 2 N–H and O–H groups in total. The molecule has 4 aromatic rings. The number of nitrogens with zero attached hydrogens (tertiary/aromatic N) is 4. The van der Waals surface area contributed by atoms with E-state index in [4.69, 9.17) is 0 Å². The van der Waals surface area contributed by atoms with Gasteiger partial charge >= 0.3 is 0 Å². The number of rotatable bonds is 6. The first-order valence-corrected chi connectivity index (χ1v) is 9.81. The fourth-order valence-corrected chi connectivity index (χ4v) is 3.46. The number of aryl methyl sites for hydroxylation is 1. The molecule has 0 aliphatic carbocycles. The van der Waals surface area contributed by atoms with Crippen molar-refractivity contribution in [3.63, 3.8) is 0 Å². The van der Waals surface area contributed by atoms with Crippen molar-refractivity contribution >= 4 is 22.6 Å². The van der Waals surface area contributed by atoms with E-state index in [9.17, 15) is 4.79 Å². The summed E-state index contributed by atoms with van der Waals surface area (Å²) in [5.74, 6) is 1.23. The van der Waals surface area contributed by atoms with Crippen molar-refractivity contribution in [2.24, 2.45) is 0 Å². The van der Waals surface area contributed by atoms with Gasteiger partial charge in [-0.1, -0.05) is 24.3 Å². The second kappa shape index (κ2) is 8.32. The van der Waals surface area contributed by atoms with Crippen molar-refractivity contribution in [3.05, 3.63) is 83.7 Å². The quantitative estimate of drug-likeness (QED) is 0.518. The Bertz CT molecular complexity index is 1170. The number of hydrogen-bond donors (Lipinski definition) is 2. The van der Waals surface area contributed by atoms with E-state index in [0.717, 1.165) is 28.0 Å². The van der Waals surface area contributed by atoms with E-state index in [2.05, 4.69) is 31.3 Å². The molecule has 0 fully saturated rings. The van der Waals surface area contributed by atoms with Crippen LogP contribution in [0.2, 0.25) is 0 Å². The number of benzene rings is 1. The summed E-state index contributed by atoms with van der Waals surface area (Å²) >= 11 is 0. The van der Waals surface area contributed by atoms with Gasteiger partial charge in [-0.05, 0) is 30.7 Å². The molecule has 0 radical (unpaired) electrons. The Morgan fingerprint density at radius 1 is 1.13 bits per heavy atom. The summed E-state index contributed by atoms with van der Waals surface area (Å²) in [5, 5.41) is 4.25. The number of carbonyl (C=O) groups is 1. The van der Waals surface area contributed by atoms with Gasteiger partial charge in [-0.15, -0.1) is 0 Å². The minimum atomic E-state index is -0.334. The van der Waals surface area contributed by atoms with Crippen molar-refractivity contribution in [1.29, 1.82) is 0 Å². The summed E-state index contributed by atoms with van der Waals surface area (Å²) in [4.78, 5) is 31.4. The maximum atomic E-state index is 12.9. The molecule has 3 heterocycles. The molecule has 0 aliphatic rings. The van der Waals surface area contributed by atoms with Gasteiger partial charge in [0.15, 0.2) is 0 Å². The van der Waals surface area contributed by atoms with E-state index in [1.165, 1.54) is 0 Å². The zero-order chi connectivity index (χ0) is 21.1. The van der Waals surface area contributed by atoms with E-state index in [-0.39, 0.29) is 11.9 Å². The highest BCUT2D eigenvalue weighted by Crippen LogP contribution is 2.25. The van der Waals surface area contributed by atoms with Gasteiger partial charge in [0, 0.05) is 49.9 Å². The number of nitrogens with one attached hydrogen (secondary N) is 2. The second-order valence-electron chi connectivity index (χ2n) is 7.40. The van der Waals surface area contributed by atoms with Crippen LogP contribution in [0.4, 0.5) is 5.82 Å².